The number of aromatic nitrogens is 2. The number of ether oxygens (including phenoxy) is 1. The molecule has 0 aliphatic heterocycles. The van der Waals surface area contributed by atoms with Crippen molar-refractivity contribution < 1.29 is 9.53 Å². The van der Waals surface area contributed by atoms with Gasteiger partial charge < -0.3 is 10.1 Å². The summed E-state index contributed by atoms with van der Waals surface area (Å²) < 4.78 is 7.18. The van der Waals surface area contributed by atoms with Crippen molar-refractivity contribution in [2.24, 2.45) is 0 Å². The summed E-state index contributed by atoms with van der Waals surface area (Å²) in [6, 6.07) is 17.6. The maximum Gasteiger partial charge on any atom is 0.267 e. The monoisotopic (exact) mass is 413 g/mol. The Morgan fingerprint density at radius 3 is 2.73 bits per heavy atom. The van der Waals surface area contributed by atoms with Crippen LogP contribution in [0, 0.1) is 0 Å². The first-order valence-corrected chi connectivity index (χ1v) is 8.62. The average Bonchev–Trinajstić information content (AvgIpc) is 2.63. The van der Waals surface area contributed by atoms with Gasteiger partial charge in [0.05, 0.1) is 12.8 Å². The van der Waals surface area contributed by atoms with Gasteiger partial charge in [0, 0.05) is 27.9 Å². The van der Waals surface area contributed by atoms with E-state index < -0.39 is 0 Å². The zero-order chi connectivity index (χ0) is 18.5. The summed E-state index contributed by atoms with van der Waals surface area (Å²) in [6.45, 7) is -0.183. The third-order valence-corrected chi connectivity index (χ3v) is 4.13. The second kappa shape index (κ2) is 7.97. The van der Waals surface area contributed by atoms with Gasteiger partial charge in [-0.3, -0.25) is 9.59 Å². The maximum absolute atomic E-state index is 12.3. The van der Waals surface area contributed by atoms with E-state index in [1.165, 1.54) is 6.07 Å². The van der Waals surface area contributed by atoms with Crippen molar-refractivity contribution in [2.75, 3.05) is 12.4 Å². The number of carbonyl (C=O) groups excluding carboxylic acids is 1. The van der Waals surface area contributed by atoms with Gasteiger partial charge in [0.15, 0.2) is 0 Å². The van der Waals surface area contributed by atoms with E-state index in [1.54, 1.807) is 37.4 Å². The van der Waals surface area contributed by atoms with E-state index in [1.807, 2.05) is 24.3 Å². The number of benzene rings is 2. The van der Waals surface area contributed by atoms with Crippen molar-refractivity contribution in [1.82, 2.24) is 9.78 Å². The van der Waals surface area contributed by atoms with E-state index in [2.05, 4.69) is 26.3 Å². The molecule has 1 aromatic heterocycles. The number of hydrogen-bond acceptors (Lipinski definition) is 4. The van der Waals surface area contributed by atoms with Crippen LogP contribution in [0.15, 0.2) is 69.9 Å². The van der Waals surface area contributed by atoms with E-state index >= 15 is 0 Å². The molecule has 132 valence electrons. The molecule has 0 saturated heterocycles. The predicted octanol–water partition coefficient (Wildman–Crippen LogP) is 3.32. The molecule has 3 rings (SSSR count). The van der Waals surface area contributed by atoms with Crippen LogP contribution in [0.2, 0.25) is 0 Å². The molecule has 0 spiro atoms. The van der Waals surface area contributed by atoms with E-state index in [-0.39, 0.29) is 18.0 Å². The standard InChI is InChI=1S/C19H16BrN3O3/c1-26-16-7-3-6-15(11-16)21-18(24)12-23-19(25)9-8-17(22-23)13-4-2-5-14(20)10-13/h2-11H,12H2,1H3,(H,21,24). The summed E-state index contributed by atoms with van der Waals surface area (Å²) in [5.74, 6) is 0.286. The Balaban J connectivity index is 1.79. The van der Waals surface area contributed by atoms with Gasteiger partial charge in [-0.05, 0) is 30.3 Å². The quantitative estimate of drug-likeness (QED) is 0.695. The highest BCUT2D eigenvalue weighted by Gasteiger charge is 2.09. The molecule has 26 heavy (non-hydrogen) atoms. The van der Waals surface area contributed by atoms with Crippen LogP contribution in [0.1, 0.15) is 0 Å². The Morgan fingerprint density at radius 2 is 1.96 bits per heavy atom. The lowest BCUT2D eigenvalue weighted by Gasteiger charge is -2.09. The molecule has 1 heterocycles. The Morgan fingerprint density at radius 1 is 1.15 bits per heavy atom. The minimum atomic E-state index is -0.348. The second-order valence-electron chi connectivity index (χ2n) is 5.50. The van der Waals surface area contributed by atoms with Crippen molar-refractivity contribution in [3.63, 3.8) is 0 Å². The molecule has 1 amide bonds. The summed E-state index contributed by atoms with van der Waals surface area (Å²) >= 11 is 3.41. The average molecular weight is 414 g/mol. The molecule has 0 aliphatic rings. The Bertz CT molecular complexity index is 1000. The Kier molecular flexibility index (Phi) is 5.48. The summed E-state index contributed by atoms with van der Waals surface area (Å²) in [5.41, 5.74) is 1.71. The fraction of sp³-hybridized carbons (Fsp3) is 0.105. The molecule has 0 unspecified atom stereocenters. The topological polar surface area (TPSA) is 73.2 Å². The zero-order valence-corrected chi connectivity index (χ0v) is 15.6. The van der Waals surface area contributed by atoms with Gasteiger partial charge in [0.25, 0.3) is 5.56 Å². The molecule has 3 aromatic rings. The van der Waals surface area contributed by atoms with E-state index in [0.717, 1.165) is 14.7 Å². The fourth-order valence-corrected chi connectivity index (χ4v) is 2.80. The van der Waals surface area contributed by atoms with Crippen LogP contribution >= 0.6 is 15.9 Å². The third-order valence-electron chi connectivity index (χ3n) is 3.63. The summed E-state index contributed by atoms with van der Waals surface area (Å²) in [5, 5.41) is 7.03. The molecule has 1 N–H and O–H groups in total. The number of carbonyl (C=O) groups is 1. The summed E-state index contributed by atoms with van der Waals surface area (Å²) in [7, 11) is 1.55. The number of nitrogens with zero attached hydrogens (tertiary/aromatic N) is 2. The molecule has 7 heteroatoms. The van der Waals surface area contributed by atoms with Crippen LogP contribution < -0.4 is 15.6 Å². The second-order valence-corrected chi connectivity index (χ2v) is 6.42. The zero-order valence-electron chi connectivity index (χ0n) is 14.0. The number of nitrogens with one attached hydrogen (secondary N) is 1. The molecule has 0 radical (unpaired) electrons. The highest BCUT2D eigenvalue weighted by molar-refractivity contribution is 9.10. The SMILES string of the molecule is COc1cccc(NC(=O)Cn2nc(-c3cccc(Br)c3)ccc2=O)c1. The lowest BCUT2D eigenvalue weighted by molar-refractivity contribution is -0.117. The largest absolute Gasteiger partial charge is 0.497 e. The summed E-state index contributed by atoms with van der Waals surface area (Å²) in [4.78, 5) is 24.3. The van der Waals surface area contributed by atoms with E-state index in [4.69, 9.17) is 4.74 Å². The lowest BCUT2D eigenvalue weighted by Crippen LogP contribution is -2.29. The highest BCUT2D eigenvalue weighted by Crippen LogP contribution is 2.20. The van der Waals surface area contributed by atoms with Crippen LogP contribution in [0.3, 0.4) is 0 Å². The minimum Gasteiger partial charge on any atom is -0.497 e. The first kappa shape index (κ1) is 17.9. The van der Waals surface area contributed by atoms with Gasteiger partial charge in [-0.2, -0.15) is 5.10 Å². The van der Waals surface area contributed by atoms with Gasteiger partial charge >= 0.3 is 0 Å². The molecule has 0 fully saturated rings. The predicted molar refractivity (Wildman–Crippen MR) is 103 cm³/mol. The molecule has 0 saturated carbocycles. The van der Waals surface area contributed by atoms with E-state index in [9.17, 15) is 9.59 Å². The fourth-order valence-electron chi connectivity index (χ4n) is 2.40. The number of methoxy groups -OCH3 is 1. The van der Waals surface area contributed by atoms with Gasteiger partial charge in [-0.1, -0.05) is 34.1 Å². The maximum atomic E-state index is 12.3. The molecule has 2 aromatic carbocycles. The number of anilines is 1. The van der Waals surface area contributed by atoms with Crippen molar-refractivity contribution in [2.45, 2.75) is 6.54 Å². The van der Waals surface area contributed by atoms with Gasteiger partial charge in [-0.15, -0.1) is 0 Å². The molecule has 6 nitrogen and oxygen atoms in total. The number of hydrogen-bond donors (Lipinski definition) is 1. The van der Waals surface area contributed by atoms with Gasteiger partial charge in [-0.25, -0.2) is 4.68 Å². The molecular weight excluding hydrogens is 398 g/mol. The Hall–Kier alpha value is -2.93. The molecule has 0 atom stereocenters. The first-order valence-electron chi connectivity index (χ1n) is 7.83. The molecule has 0 bridgehead atoms. The van der Waals surface area contributed by atoms with Crippen LogP contribution in [0.25, 0.3) is 11.3 Å². The first-order chi connectivity index (χ1) is 12.5. The third kappa shape index (κ3) is 4.37. The molecular formula is C19H16BrN3O3. The van der Waals surface area contributed by atoms with Crippen LogP contribution in [0.5, 0.6) is 5.75 Å². The van der Waals surface area contributed by atoms with Gasteiger partial charge in [0.2, 0.25) is 5.91 Å². The van der Waals surface area contributed by atoms with Crippen LogP contribution in [-0.4, -0.2) is 22.8 Å². The minimum absolute atomic E-state index is 0.183. The van der Waals surface area contributed by atoms with Crippen LogP contribution in [0.4, 0.5) is 5.69 Å². The Labute approximate surface area is 158 Å². The normalized spacial score (nSPS) is 10.4. The van der Waals surface area contributed by atoms with Crippen LogP contribution in [-0.2, 0) is 11.3 Å². The van der Waals surface area contributed by atoms with Crippen molar-refractivity contribution >= 4 is 27.5 Å². The van der Waals surface area contributed by atoms with Gasteiger partial charge in [0.1, 0.15) is 12.3 Å². The smallest absolute Gasteiger partial charge is 0.267 e. The van der Waals surface area contributed by atoms with Crippen molar-refractivity contribution in [3.05, 3.63) is 75.5 Å². The number of amides is 1. The van der Waals surface area contributed by atoms with Crippen molar-refractivity contribution in [3.8, 4) is 17.0 Å². The summed E-state index contributed by atoms with van der Waals surface area (Å²) in [6.07, 6.45) is 0. The molecule has 0 aliphatic carbocycles. The van der Waals surface area contributed by atoms with Crippen molar-refractivity contribution in [1.29, 1.82) is 0 Å². The number of rotatable bonds is 5. The number of halogens is 1. The van der Waals surface area contributed by atoms with E-state index in [0.29, 0.717) is 17.1 Å². The lowest BCUT2D eigenvalue weighted by atomic mass is 10.1. The highest BCUT2D eigenvalue weighted by atomic mass is 79.9.